The van der Waals surface area contributed by atoms with Crippen LogP contribution in [0, 0.1) is 5.82 Å². The van der Waals surface area contributed by atoms with Gasteiger partial charge in [0.15, 0.2) is 11.6 Å². The lowest BCUT2D eigenvalue weighted by molar-refractivity contribution is 0.0960. The summed E-state index contributed by atoms with van der Waals surface area (Å²) in [4.78, 5) is 2.51. The molecule has 1 aromatic carbocycles. The lowest BCUT2D eigenvalue weighted by Gasteiger charge is -2.41. The topological polar surface area (TPSA) is 35.5 Å². The number of nitrogens with zero attached hydrogens (tertiary/aromatic N) is 1. The number of benzene rings is 1. The van der Waals surface area contributed by atoms with Crippen molar-refractivity contribution < 1.29 is 9.50 Å². The first-order chi connectivity index (χ1) is 9.36. The summed E-state index contributed by atoms with van der Waals surface area (Å²) in [5.74, 6) is -0.834. The van der Waals surface area contributed by atoms with Gasteiger partial charge in [0.1, 0.15) is 0 Å². The maximum absolute atomic E-state index is 13.2. The van der Waals surface area contributed by atoms with Crippen molar-refractivity contribution in [1.29, 1.82) is 0 Å². The molecule has 1 fully saturated rings. The molecule has 0 bridgehead atoms. The van der Waals surface area contributed by atoms with Gasteiger partial charge in [-0.3, -0.25) is 4.90 Å². The molecule has 1 aromatic rings. The molecule has 112 valence electrons. The first-order valence-corrected chi connectivity index (χ1v) is 7.32. The zero-order chi connectivity index (χ0) is 14.8. The fourth-order valence-corrected chi connectivity index (χ4v) is 2.68. The van der Waals surface area contributed by atoms with Gasteiger partial charge in [-0.2, -0.15) is 0 Å². The third kappa shape index (κ3) is 3.93. The van der Waals surface area contributed by atoms with Crippen LogP contribution in [0.1, 0.15) is 39.2 Å². The van der Waals surface area contributed by atoms with Gasteiger partial charge in [-0.15, -0.1) is 0 Å². The van der Waals surface area contributed by atoms with Crippen LogP contribution in [-0.4, -0.2) is 34.7 Å². The minimum atomic E-state index is -0.549. The molecule has 1 aliphatic heterocycles. The Morgan fingerprint density at radius 2 is 1.95 bits per heavy atom. The SMILES string of the molecule is CC(C)(C)N1CCC(NCc2ccc(O)c(F)c2)CC1. The normalized spacial score (nSPS) is 18.4. The molecule has 2 rings (SSSR count). The van der Waals surface area contributed by atoms with Crippen molar-refractivity contribution in [3.05, 3.63) is 29.6 Å². The highest BCUT2D eigenvalue weighted by atomic mass is 19.1. The van der Waals surface area contributed by atoms with E-state index in [1.165, 1.54) is 12.1 Å². The van der Waals surface area contributed by atoms with Crippen LogP contribution in [0.15, 0.2) is 18.2 Å². The number of phenolic OH excluding ortho intramolecular Hbond substituents is 1. The third-order valence-corrected chi connectivity index (χ3v) is 4.05. The zero-order valence-corrected chi connectivity index (χ0v) is 12.6. The van der Waals surface area contributed by atoms with E-state index in [-0.39, 0.29) is 11.3 Å². The lowest BCUT2D eigenvalue weighted by atomic mass is 9.98. The van der Waals surface area contributed by atoms with Crippen molar-refractivity contribution in [3.8, 4) is 5.75 Å². The molecular formula is C16H25FN2O. The Bertz CT molecular complexity index is 448. The number of rotatable bonds is 3. The average molecular weight is 280 g/mol. The van der Waals surface area contributed by atoms with Gasteiger partial charge in [-0.1, -0.05) is 6.07 Å². The molecule has 0 amide bonds. The lowest BCUT2D eigenvalue weighted by Crippen LogP contribution is -2.49. The van der Waals surface area contributed by atoms with E-state index in [9.17, 15) is 4.39 Å². The molecule has 1 aliphatic rings. The van der Waals surface area contributed by atoms with Crippen LogP contribution >= 0.6 is 0 Å². The molecule has 0 atom stereocenters. The maximum Gasteiger partial charge on any atom is 0.165 e. The predicted octanol–water partition coefficient (Wildman–Crippen LogP) is 2.88. The Kier molecular flexibility index (Phi) is 4.66. The smallest absolute Gasteiger partial charge is 0.165 e. The Hall–Kier alpha value is -1.13. The summed E-state index contributed by atoms with van der Waals surface area (Å²) in [6.07, 6.45) is 2.25. The average Bonchev–Trinajstić information content (AvgIpc) is 2.40. The van der Waals surface area contributed by atoms with E-state index in [1.54, 1.807) is 6.07 Å². The van der Waals surface area contributed by atoms with E-state index in [0.717, 1.165) is 31.5 Å². The minimum Gasteiger partial charge on any atom is -0.505 e. The maximum atomic E-state index is 13.2. The highest BCUT2D eigenvalue weighted by Crippen LogP contribution is 2.21. The van der Waals surface area contributed by atoms with Crippen molar-refractivity contribution in [2.75, 3.05) is 13.1 Å². The molecular weight excluding hydrogens is 255 g/mol. The first-order valence-electron chi connectivity index (χ1n) is 7.32. The highest BCUT2D eigenvalue weighted by molar-refractivity contribution is 5.27. The molecule has 2 N–H and O–H groups in total. The number of nitrogens with one attached hydrogen (secondary N) is 1. The van der Waals surface area contributed by atoms with E-state index in [0.29, 0.717) is 12.6 Å². The van der Waals surface area contributed by atoms with Crippen LogP contribution in [0.2, 0.25) is 0 Å². The first kappa shape index (κ1) is 15.3. The van der Waals surface area contributed by atoms with Crippen LogP contribution in [0.3, 0.4) is 0 Å². The fourth-order valence-electron chi connectivity index (χ4n) is 2.68. The van der Waals surface area contributed by atoms with Crippen LogP contribution in [0.5, 0.6) is 5.75 Å². The standard InChI is InChI=1S/C16H25FN2O/c1-16(2,3)19-8-6-13(7-9-19)18-11-12-4-5-15(20)14(17)10-12/h4-5,10,13,18,20H,6-9,11H2,1-3H3. The number of hydrogen-bond acceptors (Lipinski definition) is 3. The molecule has 0 spiro atoms. The second-order valence-corrected chi connectivity index (χ2v) is 6.60. The van der Waals surface area contributed by atoms with E-state index >= 15 is 0 Å². The third-order valence-electron chi connectivity index (χ3n) is 4.05. The molecule has 0 radical (unpaired) electrons. The predicted molar refractivity (Wildman–Crippen MR) is 79.3 cm³/mol. The van der Waals surface area contributed by atoms with Gasteiger partial charge in [-0.05, 0) is 51.3 Å². The number of aromatic hydroxyl groups is 1. The molecule has 1 heterocycles. The molecule has 20 heavy (non-hydrogen) atoms. The molecule has 3 nitrogen and oxygen atoms in total. The van der Waals surface area contributed by atoms with Crippen molar-refractivity contribution in [2.24, 2.45) is 0 Å². The van der Waals surface area contributed by atoms with Crippen molar-refractivity contribution in [3.63, 3.8) is 0 Å². The minimum absolute atomic E-state index is 0.241. The summed E-state index contributed by atoms with van der Waals surface area (Å²) >= 11 is 0. The van der Waals surface area contributed by atoms with Crippen LogP contribution in [0.4, 0.5) is 4.39 Å². The van der Waals surface area contributed by atoms with E-state index in [4.69, 9.17) is 5.11 Å². The second-order valence-electron chi connectivity index (χ2n) is 6.60. The summed E-state index contributed by atoms with van der Waals surface area (Å²) < 4.78 is 13.2. The highest BCUT2D eigenvalue weighted by Gasteiger charge is 2.26. The van der Waals surface area contributed by atoms with E-state index < -0.39 is 5.82 Å². The Morgan fingerprint density at radius 1 is 1.30 bits per heavy atom. The van der Waals surface area contributed by atoms with Gasteiger partial charge >= 0.3 is 0 Å². The van der Waals surface area contributed by atoms with Gasteiger partial charge in [0, 0.05) is 31.2 Å². The zero-order valence-electron chi connectivity index (χ0n) is 12.6. The molecule has 0 saturated carbocycles. The molecule has 4 heteroatoms. The number of likely N-dealkylation sites (tertiary alicyclic amines) is 1. The van der Waals surface area contributed by atoms with Crippen molar-refractivity contribution >= 4 is 0 Å². The quantitative estimate of drug-likeness (QED) is 0.893. The molecule has 0 aromatic heterocycles. The van der Waals surface area contributed by atoms with Crippen molar-refractivity contribution in [1.82, 2.24) is 10.2 Å². The number of piperidine rings is 1. The van der Waals surface area contributed by atoms with Gasteiger partial charge in [0.05, 0.1) is 0 Å². The monoisotopic (exact) mass is 280 g/mol. The fraction of sp³-hybridized carbons (Fsp3) is 0.625. The Labute approximate surface area is 120 Å². The van der Waals surface area contributed by atoms with Crippen LogP contribution in [0.25, 0.3) is 0 Å². The second kappa shape index (κ2) is 6.10. The largest absolute Gasteiger partial charge is 0.505 e. The van der Waals surface area contributed by atoms with Gasteiger partial charge in [0.25, 0.3) is 0 Å². The van der Waals surface area contributed by atoms with Crippen LogP contribution < -0.4 is 5.32 Å². The molecule has 1 saturated heterocycles. The number of phenols is 1. The summed E-state index contributed by atoms with van der Waals surface area (Å²) in [6, 6.07) is 5.06. The number of halogens is 1. The molecule has 0 aliphatic carbocycles. The van der Waals surface area contributed by atoms with Crippen molar-refractivity contribution in [2.45, 2.75) is 51.7 Å². The Morgan fingerprint density at radius 3 is 2.50 bits per heavy atom. The summed E-state index contributed by atoms with van der Waals surface area (Å²) in [7, 11) is 0. The summed E-state index contributed by atoms with van der Waals surface area (Å²) in [5, 5.41) is 12.6. The number of hydrogen-bond donors (Lipinski definition) is 2. The Balaban J connectivity index is 1.80. The van der Waals surface area contributed by atoms with Gasteiger partial charge in [0.2, 0.25) is 0 Å². The van der Waals surface area contributed by atoms with E-state index in [2.05, 4.69) is 31.0 Å². The van der Waals surface area contributed by atoms with Gasteiger partial charge < -0.3 is 10.4 Å². The van der Waals surface area contributed by atoms with Gasteiger partial charge in [-0.25, -0.2) is 4.39 Å². The van der Waals surface area contributed by atoms with E-state index in [1.807, 2.05) is 0 Å². The summed E-state index contributed by atoms with van der Waals surface area (Å²) in [5.41, 5.74) is 1.11. The molecule has 0 unspecified atom stereocenters. The summed E-state index contributed by atoms with van der Waals surface area (Å²) in [6.45, 7) is 9.60. The van der Waals surface area contributed by atoms with Crippen LogP contribution in [-0.2, 0) is 6.54 Å².